The van der Waals surface area contributed by atoms with E-state index < -0.39 is 5.60 Å². The van der Waals surface area contributed by atoms with Crippen molar-refractivity contribution in [3.8, 4) is 0 Å². The second-order valence-corrected chi connectivity index (χ2v) is 5.00. The Kier molecular flexibility index (Phi) is 3.59. The zero-order valence-electron chi connectivity index (χ0n) is 9.01. The smallest absolute Gasteiger partial charge is 0.170 e. The average Bonchev–Trinajstić information content (AvgIpc) is 2.40. The molecule has 0 saturated carbocycles. The lowest BCUT2D eigenvalue weighted by Gasteiger charge is -2.22. The third kappa shape index (κ3) is 2.40. The predicted octanol–water partition coefficient (Wildman–Crippen LogP) is 2.73. The van der Waals surface area contributed by atoms with Crippen LogP contribution in [0.2, 0.25) is 0 Å². The SMILES string of the molecule is O=CC(O)(c1ccccc1)c1ccc(I)cc1. The Hall–Kier alpha value is -1.20. The molecule has 1 atom stereocenters. The van der Waals surface area contributed by atoms with Gasteiger partial charge in [-0.05, 0) is 45.9 Å². The van der Waals surface area contributed by atoms with Gasteiger partial charge in [0, 0.05) is 3.57 Å². The summed E-state index contributed by atoms with van der Waals surface area (Å²) in [6.07, 6.45) is 0.574. The highest BCUT2D eigenvalue weighted by Gasteiger charge is 2.30. The average molecular weight is 338 g/mol. The normalized spacial score (nSPS) is 14.0. The molecule has 2 aromatic carbocycles. The molecule has 86 valence electrons. The number of carbonyl (C=O) groups excluding carboxylic acids is 1. The first-order chi connectivity index (χ1) is 8.16. The van der Waals surface area contributed by atoms with Crippen molar-refractivity contribution in [2.45, 2.75) is 5.60 Å². The Bertz CT molecular complexity index is 508. The van der Waals surface area contributed by atoms with Crippen LogP contribution in [-0.2, 0) is 10.4 Å². The number of aliphatic hydroxyl groups is 1. The first-order valence-electron chi connectivity index (χ1n) is 5.17. The molecule has 0 aliphatic carbocycles. The van der Waals surface area contributed by atoms with E-state index in [9.17, 15) is 9.90 Å². The van der Waals surface area contributed by atoms with Gasteiger partial charge in [0.2, 0.25) is 0 Å². The maximum atomic E-state index is 11.3. The van der Waals surface area contributed by atoms with Crippen LogP contribution in [0.15, 0.2) is 54.6 Å². The van der Waals surface area contributed by atoms with E-state index in [-0.39, 0.29) is 0 Å². The fourth-order valence-corrected chi connectivity index (χ4v) is 2.06. The number of benzene rings is 2. The molecule has 0 saturated heterocycles. The van der Waals surface area contributed by atoms with Gasteiger partial charge in [-0.25, -0.2) is 0 Å². The summed E-state index contributed by atoms with van der Waals surface area (Å²) in [4.78, 5) is 11.3. The zero-order chi connectivity index (χ0) is 12.3. The fraction of sp³-hybridized carbons (Fsp3) is 0.0714. The van der Waals surface area contributed by atoms with Crippen LogP contribution in [-0.4, -0.2) is 11.4 Å². The maximum absolute atomic E-state index is 11.3. The second-order valence-electron chi connectivity index (χ2n) is 3.76. The highest BCUT2D eigenvalue weighted by molar-refractivity contribution is 14.1. The quantitative estimate of drug-likeness (QED) is 0.690. The van der Waals surface area contributed by atoms with E-state index in [0.717, 1.165) is 3.57 Å². The molecule has 0 aromatic heterocycles. The van der Waals surface area contributed by atoms with Crippen molar-refractivity contribution in [2.75, 3.05) is 0 Å². The Morgan fingerprint density at radius 1 is 0.941 bits per heavy atom. The molecule has 0 radical (unpaired) electrons. The zero-order valence-corrected chi connectivity index (χ0v) is 11.2. The fourth-order valence-electron chi connectivity index (χ4n) is 1.70. The van der Waals surface area contributed by atoms with Gasteiger partial charge in [-0.15, -0.1) is 0 Å². The molecule has 0 spiro atoms. The van der Waals surface area contributed by atoms with Crippen molar-refractivity contribution >= 4 is 28.9 Å². The number of carbonyl (C=O) groups is 1. The highest BCUT2D eigenvalue weighted by Crippen LogP contribution is 2.27. The van der Waals surface area contributed by atoms with E-state index in [4.69, 9.17) is 0 Å². The predicted molar refractivity (Wildman–Crippen MR) is 74.7 cm³/mol. The van der Waals surface area contributed by atoms with E-state index >= 15 is 0 Å². The van der Waals surface area contributed by atoms with Crippen LogP contribution in [0.25, 0.3) is 0 Å². The Balaban J connectivity index is 2.51. The second kappa shape index (κ2) is 4.98. The summed E-state index contributed by atoms with van der Waals surface area (Å²) in [6, 6.07) is 16.2. The van der Waals surface area contributed by atoms with Gasteiger partial charge in [0.15, 0.2) is 11.9 Å². The van der Waals surface area contributed by atoms with Gasteiger partial charge in [0.1, 0.15) is 0 Å². The molecule has 1 N–H and O–H groups in total. The molecule has 3 heteroatoms. The lowest BCUT2D eigenvalue weighted by atomic mass is 9.88. The highest BCUT2D eigenvalue weighted by atomic mass is 127. The van der Waals surface area contributed by atoms with E-state index in [1.54, 1.807) is 36.4 Å². The Morgan fingerprint density at radius 2 is 1.47 bits per heavy atom. The third-order valence-electron chi connectivity index (χ3n) is 2.67. The Morgan fingerprint density at radius 3 is 2.00 bits per heavy atom. The number of halogens is 1. The first-order valence-corrected chi connectivity index (χ1v) is 6.25. The molecule has 2 rings (SSSR count). The first kappa shape index (κ1) is 12.3. The molecule has 0 bridgehead atoms. The Labute approximate surface area is 113 Å². The molecule has 17 heavy (non-hydrogen) atoms. The number of hydrogen-bond donors (Lipinski definition) is 1. The summed E-state index contributed by atoms with van der Waals surface area (Å²) in [5, 5.41) is 10.5. The minimum absolute atomic E-state index is 0.574. The van der Waals surface area contributed by atoms with Crippen molar-refractivity contribution < 1.29 is 9.90 Å². The van der Waals surface area contributed by atoms with E-state index in [1.165, 1.54) is 0 Å². The molecule has 0 aliphatic heterocycles. The van der Waals surface area contributed by atoms with Gasteiger partial charge < -0.3 is 5.11 Å². The van der Waals surface area contributed by atoms with Gasteiger partial charge in [0.05, 0.1) is 0 Å². The van der Waals surface area contributed by atoms with E-state index in [2.05, 4.69) is 22.6 Å². The summed E-state index contributed by atoms with van der Waals surface area (Å²) in [6.45, 7) is 0. The van der Waals surface area contributed by atoms with Crippen molar-refractivity contribution in [3.05, 3.63) is 69.3 Å². The summed E-state index contributed by atoms with van der Waals surface area (Å²) >= 11 is 2.18. The van der Waals surface area contributed by atoms with Crippen LogP contribution in [0, 0.1) is 3.57 Å². The lowest BCUT2D eigenvalue weighted by molar-refractivity contribution is -0.121. The number of rotatable bonds is 3. The van der Waals surface area contributed by atoms with Gasteiger partial charge in [-0.1, -0.05) is 42.5 Å². The van der Waals surface area contributed by atoms with E-state index in [1.807, 2.05) is 18.2 Å². The van der Waals surface area contributed by atoms with Crippen LogP contribution in [0.1, 0.15) is 11.1 Å². The minimum atomic E-state index is -1.56. The van der Waals surface area contributed by atoms with Crippen LogP contribution >= 0.6 is 22.6 Å². The van der Waals surface area contributed by atoms with E-state index in [0.29, 0.717) is 17.4 Å². The number of hydrogen-bond acceptors (Lipinski definition) is 2. The lowest BCUT2D eigenvalue weighted by Crippen LogP contribution is -2.28. The van der Waals surface area contributed by atoms with Crippen molar-refractivity contribution in [1.82, 2.24) is 0 Å². The summed E-state index contributed by atoms with van der Waals surface area (Å²) in [5.41, 5.74) is -0.402. The van der Waals surface area contributed by atoms with Gasteiger partial charge in [0.25, 0.3) is 0 Å². The summed E-state index contributed by atoms with van der Waals surface area (Å²) in [7, 11) is 0. The van der Waals surface area contributed by atoms with Crippen LogP contribution < -0.4 is 0 Å². The largest absolute Gasteiger partial charge is 0.373 e. The molecule has 0 fully saturated rings. The minimum Gasteiger partial charge on any atom is -0.373 e. The maximum Gasteiger partial charge on any atom is 0.170 e. The topological polar surface area (TPSA) is 37.3 Å². The van der Waals surface area contributed by atoms with Crippen LogP contribution in [0.3, 0.4) is 0 Å². The van der Waals surface area contributed by atoms with Gasteiger partial charge in [-0.2, -0.15) is 0 Å². The summed E-state index contributed by atoms with van der Waals surface area (Å²) < 4.78 is 1.06. The molecule has 0 heterocycles. The van der Waals surface area contributed by atoms with Gasteiger partial charge in [-0.3, -0.25) is 4.79 Å². The molecule has 0 amide bonds. The van der Waals surface area contributed by atoms with Crippen molar-refractivity contribution in [2.24, 2.45) is 0 Å². The molecule has 0 aliphatic rings. The molecule has 1 unspecified atom stereocenters. The number of aldehydes is 1. The molecular weight excluding hydrogens is 327 g/mol. The van der Waals surface area contributed by atoms with Crippen LogP contribution in [0.5, 0.6) is 0 Å². The van der Waals surface area contributed by atoms with Crippen molar-refractivity contribution in [1.29, 1.82) is 0 Å². The third-order valence-corrected chi connectivity index (χ3v) is 3.39. The molecule has 2 aromatic rings. The molecule has 2 nitrogen and oxygen atoms in total. The monoisotopic (exact) mass is 338 g/mol. The standard InChI is InChI=1S/C14H11IO2/c15-13-8-6-12(7-9-13)14(17,10-16)11-4-2-1-3-5-11/h1-10,17H. The summed E-state index contributed by atoms with van der Waals surface area (Å²) in [5.74, 6) is 0. The molecular formula is C14H11IO2. The van der Waals surface area contributed by atoms with Crippen molar-refractivity contribution in [3.63, 3.8) is 0 Å². The van der Waals surface area contributed by atoms with Crippen LogP contribution in [0.4, 0.5) is 0 Å². The van der Waals surface area contributed by atoms with Gasteiger partial charge >= 0.3 is 0 Å².